The average molecular weight is 294 g/mol. The van der Waals surface area contributed by atoms with Gasteiger partial charge in [-0.25, -0.2) is 21.9 Å². The number of nitrogens with two attached hydrogens (primary N) is 1. The summed E-state index contributed by atoms with van der Waals surface area (Å²) in [6.07, 6.45) is 0. The fraction of sp³-hybridized carbons (Fsp3) is 0.400. The summed E-state index contributed by atoms with van der Waals surface area (Å²) >= 11 is 0. The second-order valence-corrected chi connectivity index (χ2v) is 5.67. The molecule has 106 valence electrons. The highest BCUT2D eigenvalue weighted by Crippen LogP contribution is 2.33. The molecule has 9 heteroatoms. The highest BCUT2D eigenvalue weighted by molar-refractivity contribution is 7.89. The van der Waals surface area contributed by atoms with Gasteiger partial charge in [-0.15, -0.1) is 0 Å². The zero-order valence-corrected chi connectivity index (χ0v) is 10.5. The Balaban J connectivity index is 2.16. The van der Waals surface area contributed by atoms with Gasteiger partial charge >= 0.3 is 0 Å². The maximum atomic E-state index is 12.9. The smallest absolute Gasteiger partial charge is 0.273 e. The zero-order chi connectivity index (χ0) is 14.1. The van der Waals surface area contributed by atoms with Crippen molar-refractivity contribution < 1.29 is 26.7 Å². The summed E-state index contributed by atoms with van der Waals surface area (Å²) in [5.74, 6) is -2.62. The molecule has 0 saturated heterocycles. The average Bonchev–Trinajstić information content (AvgIpc) is 2.84. The van der Waals surface area contributed by atoms with E-state index in [1.165, 1.54) is 18.2 Å². The molecule has 2 rings (SSSR count). The van der Waals surface area contributed by atoms with Gasteiger partial charge in [0.2, 0.25) is 16.8 Å². The number of nitrogens with one attached hydrogen (secondary N) is 1. The van der Waals surface area contributed by atoms with E-state index >= 15 is 0 Å². The number of hydrogen-bond donors (Lipinski definition) is 2. The lowest BCUT2D eigenvalue weighted by molar-refractivity contribution is 0.0170. The molecule has 0 amide bonds. The number of rotatable bonds is 5. The minimum atomic E-state index is -4.05. The topological polar surface area (TPSA) is 90.7 Å². The van der Waals surface area contributed by atoms with E-state index in [1.54, 1.807) is 4.72 Å². The molecular weight excluding hydrogens is 282 g/mol. The lowest BCUT2D eigenvalue weighted by atomic mass is 10.3. The van der Waals surface area contributed by atoms with E-state index < -0.39 is 29.0 Å². The van der Waals surface area contributed by atoms with Crippen molar-refractivity contribution in [3.05, 3.63) is 18.2 Å². The van der Waals surface area contributed by atoms with Gasteiger partial charge in [-0.1, -0.05) is 0 Å². The minimum absolute atomic E-state index is 0.00247. The molecule has 1 aromatic rings. The number of ether oxygens (including phenoxy) is 2. The summed E-state index contributed by atoms with van der Waals surface area (Å²) in [6, 6.07) is 3.86. The first-order valence-corrected chi connectivity index (χ1v) is 6.80. The third-order valence-corrected chi connectivity index (χ3v) is 3.87. The van der Waals surface area contributed by atoms with E-state index in [0.717, 1.165) is 0 Å². The lowest BCUT2D eigenvalue weighted by Gasteiger charge is -2.14. The van der Waals surface area contributed by atoms with E-state index in [0.29, 0.717) is 5.75 Å². The van der Waals surface area contributed by atoms with Crippen molar-refractivity contribution >= 4 is 10.0 Å². The molecule has 1 heterocycles. The molecule has 0 radical (unpaired) electrons. The second kappa shape index (κ2) is 4.91. The predicted molar refractivity (Wildman–Crippen MR) is 61.8 cm³/mol. The number of fused-ring (bicyclic) bond motifs is 1. The van der Waals surface area contributed by atoms with Gasteiger partial charge < -0.3 is 15.2 Å². The second-order valence-electron chi connectivity index (χ2n) is 3.90. The summed E-state index contributed by atoms with van der Waals surface area (Å²) in [4.78, 5) is -0.176. The molecule has 0 spiro atoms. The van der Waals surface area contributed by atoms with E-state index in [2.05, 4.69) is 0 Å². The van der Waals surface area contributed by atoms with Gasteiger partial charge in [0.1, 0.15) is 0 Å². The highest BCUT2D eigenvalue weighted by atomic mass is 32.2. The Bertz CT molecular complexity index is 577. The van der Waals surface area contributed by atoms with Crippen LogP contribution in [-0.4, -0.2) is 34.2 Å². The Labute approximate surface area is 108 Å². The van der Waals surface area contributed by atoms with Crippen LogP contribution in [0.4, 0.5) is 8.78 Å². The quantitative estimate of drug-likeness (QED) is 0.814. The third-order valence-electron chi connectivity index (χ3n) is 2.47. The van der Waals surface area contributed by atoms with Gasteiger partial charge in [0, 0.05) is 6.07 Å². The van der Waals surface area contributed by atoms with Gasteiger partial charge in [-0.3, -0.25) is 0 Å². The SMILES string of the molecule is NCC(F)(F)CNS(=O)(=O)c1ccc2c(c1)OCO2. The molecule has 6 nitrogen and oxygen atoms in total. The van der Waals surface area contributed by atoms with Crippen LogP contribution < -0.4 is 19.9 Å². The van der Waals surface area contributed by atoms with E-state index in [1.807, 2.05) is 0 Å². The standard InChI is InChI=1S/C10H12F2N2O4S/c11-10(12,4-13)5-14-19(15,16)7-1-2-8-9(3-7)18-6-17-8/h1-3,14H,4-6,13H2. The van der Waals surface area contributed by atoms with Gasteiger partial charge in [0.05, 0.1) is 18.0 Å². The minimum Gasteiger partial charge on any atom is -0.454 e. The van der Waals surface area contributed by atoms with Crippen molar-refractivity contribution in [3.8, 4) is 11.5 Å². The first kappa shape index (κ1) is 14.0. The van der Waals surface area contributed by atoms with Crippen molar-refractivity contribution in [1.82, 2.24) is 4.72 Å². The maximum Gasteiger partial charge on any atom is 0.273 e. The van der Waals surface area contributed by atoms with Crippen LogP contribution >= 0.6 is 0 Å². The number of benzene rings is 1. The Morgan fingerprint density at radius 3 is 2.68 bits per heavy atom. The largest absolute Gasteiger partial charge is 0.454 e. The molecule has 1 aliphatic rings. The van der Waals surface area contributed by atoms with Gasteiger partial charge in [0.15, 0.2) is 11.5 Å². The van der Waals surface area contributed by atoms with Crippen LogP contribution in [0.1, 0.15) is 0 Å². The van der Waals surface area contributed by atoms with Crippen LogP contribution in [0, 0.1) is 0 Å². The summed E-state index contributed by atoms with van der Waals surface area (Å²) in [5, 5.41) is 0. The molecule has 3 N–H and O–H groups in total. The van der Waals surface area contributed by atoms with Crippen molar-refractivity contribution in [1.29, 1.82) is 0 Å². The van der Waals surface area contributed by atoms with Crippen LogP contribution in [-0.2, 0) is 10.0 Å². The van der Waals surface area contributed by atoms with Crippen molar-refractivity contribution in [2.45, 2.75) is 10.8 Å². The van der Waals surface area contributed by atoms with Crippen molar-refractivity contribution in [3.63, 3.8) is 0 Å². The van der Waals surface area contributed by atoms with Crippen LogP contribution in [0.5, 0.6) is 11.5 Å². The van der Waals surface area contributed by atoms with E-state index in [-0.39, 0.29) is 17.4 Å². The third kappa shape index (κ3) is 3.11. The van der Waals surface area contributed by atoms with Gasteiger partial charge in [-0.05, 0) is 12.1 Å². The predicted octanol–water partition coefficient (Wildman–Crippen LogP) is 0.288. The fourth-order valence-electron chi connectivity index (χ4n) is 1.40. The number of halogens is 2. The van der Waals surface area contributed by atoms with Crippen molar-refractivity contribution in [2.24, 2.45) is 5.73 Å². The van der Waals surface area contributed by atoms with Crippen LogP contribution in [0.2, 0.25) is 0 Å². The van der Waals surface area contributed by atoms with Gasteiger partial charge in [0.25, 0.3) is 5.92 Å². The molecule has 0 aromatic heterocycles. The number of sulfonamides is 1. The number of alkyl halides is 2. The molecule has 0 fully saturated rings. The van der Waals surface area contributed by atoms with Crippen LogP contribution in [0.25, 0.3) is 0 Å². The Hall–Kier alpha value is -1.45. The Kier molecular flexibility index (Phi) is 3.61. The Morgan fingerprint density at radius 2 is 2.00 bits per heavy atom. The first-order chi connectivity index (χ1) is 8.84. The van der Waals surface area contributed by atoms with Crippen molar-refractivity contribution in [2.75, 3.05) is 19.9 Å². The van der Waals surface area contributed by atoms with E-state index in [9.17, 15) is 17.2 Å². The first-order valence-electron chi connectivity index (χ1n) is 5.31. The zero-order valence-electron chi connectivity index (χ0n) is 9.73. The molecule has 19 heavy (non-hydrogen) atoms. The van der Waals surface area contributed by atoms with Crippen LogP contribution in [0.3, 0.4) is 0 Å². The highest BCUT2D eigenvalue weighted by Gasteiger charge is 2.30. The Morgan fingerprint density at radius 1 is 1.32 bits per heavy atom. The molecule has 0 aliphatic carbocycles. The monoisotopic (exact) mass is 294 g/mol. The lowest BCUT2D eigenvalue weighted by Crippen LogP contribution is -2.41. The van der Waals surface area contributed by atoms with Gasteiger partial charge in [-0.2, -0.15) is 0 Å². The summed E-state index contributed by atoms with van der Waals surface area (Å²) in [5.41, 5.74) is 4.83. The molecule has 0 saturated carbocycles. The summed E-state index contributed by atoms with van der Waals surface area (Å²) in [6.45, 7) is -1.99. The molecule has 0 atom stereocenters. The molecular formula is C10H12F2N2O4S. The molecule has 1 aromatic carbocycles. The molecule has 0 bridgehead atoms. The van der Waals surface area contributed by atoms with E-state index in [4.69, 9.17) is 15.2 Å². The van der Waals surface area contributed by atoms with Crippen LogP contribution in [0.15, 0.2) is 23.1 Å². The summed E-state index contributed by atoms with van der Waals surface area (Å²) < 4.78 is 61.3. The molecule has 0 unspecified atom stereocenters. The fourth-order valence-corrected chi connectivity index (χ4v) is 2.48. The normalized spacial score (nSPS) is 14.7. The number of hydrogen-bond acceptors (Lipinski definition) is 5. The molecule has 1 aliphatic heterocycles. The maximum absolute atomic E-state index is 12.9. The summed E-state index contributed by atoms with van der Waals surface area (Å²) in [7, 11) is -4.05.